The van der Waals surface area contributed by atoms with Gasteiger partial charge in [-0.25, -0.2) is 8.42 Å². The zero-order chi connectivity index (χ0) is 24.0. The molecule has 0 aliphatic heterocycles. The predicted molar refractivity (Wildman–Crippen MR) is 132 cm³/mol. The van der Waals surface area contributed by atoms with Gasteiger partial charge in [-0.2, -0.15) is 0 Å². The average molecular weight is 467 g/mol. The lowest BCUT2D eigenvalue weighted by atomic mass is 10.0. The number of carbonyl (C=O) groups is 1. The number of anilines is 1. The summed E-state index contributed by atoms with van der Waals surface area (Å²) in [6, 6.07) is 21.7. The summed E-state index contributed by atoms with van der Waals surface area (Å²) in [7, 11) is -2.01. The summed E-state index contributed by atoms with van der Waals surface area (Å²) in [5.41, 5.74) is 3.43. The third-order valence-corrected chi connectivity index (χ3v) is 6.65. The molecule has 0 heterocycles. The van der Waals surface area contributed by atoms with Crippen LogP contribution in [0.5, 0.6) is 5.75 Å². The summed E-state index contributed by atoms with van der Waals surface area (Å²) in [5, 5.41) is 3.07. The number of hydrogen-bond acceptors (Lipinski definition) is 4. The molecule has 33 heavy (non-hydrogen) atoms. The number of nitrogens with zero attached hydrogens (tertiary/aromatic N) is 1. The van der Waals surface area contributed by atoms with Crippen molar-refractivity contribution in [3.8, 4) is 5.75 Å². The third-order valence-electron chi connectivity index (χ3n) is 5.52. The average Bonchev–Trinajstić information content (AvgIpc) is 2.80. The molecule has 0 aromatic heterocycles. The van der Waals surface area contributed by atoms with Crippen molar-refractivity contribution in [3.05, 3.63) is 95.1 Å². The number of nitrogens with one attached hydrogen (secondary N) is 1. The van der Waals surface area contributed by atoms with Gasteiger partial charge < -0.3 is 10.1 Å². The number of hydrogen-bond donors (Lipinski definition) is 1. The molecule has 0 saturated heterocycles. The highest BCUT2D eigenvalue weighted by atomic mass is 32.2. The van der Waals surface area contributed by atoms with E-state index in [4.69, 9.17) is 4.74 Å². The summed E-state index contributed by atoms with van der Waals surface area (Å²) >= 11 is 0. The van der Waals surface area contributed by atoms with Gasteiger partial charge in [-0.05, 0) is 48.2 Å². The zero-order valence-corrected chi connectivity index (χ0v) is 20.2. The molecule has 3 aromatic carbocycles. The maximum atomic E-state index is 13.3. The predicted octanol–water partition coefficient (Wildman–Crippen LogP) is 4.85. The van der Waals surface area contributed by atoms with Gasteiger partial charge in [0.15, 0.2) is 0 Å². The van der Waals surface area contributed by atoms with Crippen LogP contribution in [0.25, 0.3) is 0 Å². The highest BCUT2D eigenvalue weighted by Gasteiger charge is 2.24. The van der Waals surface area contributed by atoms with E-state index in [9.17, 15) is 13.2 Å². The molecule has 1 N–H and O–H groups in total. The molecule has 0 fully saturated rings. The lowest BCUT2D eigenvalue weighted by molar-refractivity contribution is 0.0936. The van der Waals surface area contributed by atoms with Crippen molar-refractivity contribution in [2.24, 2.45) is 0 Å². The van der Waals surface area contributed by atoms with Crippen molar-refractivity contribution >= 4 is 21.6 Å². The smallest absolute Gasteiger partial charge is 0.253 e. The molecule has 1 atom stereocenters. The fourth-order valence-electron chi connectivity index (χ4n) is 3.79. The van der Waals surface area contributed by atoms with Crippen molar-refractivity contribution in [3.63, 3.8) is 0 Å². The highest BCUT2D eigenvalue weighted by Crippen LogP contribution is 2.28. The van der Waals surface area contributed by atoms with Crippen molar-refractivity contribution < 1.29 is 17.9 Å². The Labute approximate surface area is 196 Å². The molecule has 7 heteroatoms. The Hall–Kier alpha value is -3.32. The van der Waals surface area contributed by atoms with Crippen molar-refractivity contribution in [1.82, 2.24) is 5.32 Å². The Bertz CT molecular complexity index is 1210. The molecule has 0 aliphatic carbocycles. The van der Waals surface area contributed by atoms with Crippen molar-refractivity contribution in [1.29, 1.82) is 0 Å². The van der Waals surface area contributed by atoms with E-state index in [1.54, 1.807) is 31.4 Å². The maximum absolute atomic E-state index is 13.3. The van der Waals surface area contributed by atoms with Gasteiger partial charge in [0, 0.05) is 0 Å². The van der Waals surface area contributed by atoms with E-state index >= 15 is 0 Å². The molecule has 0 saturated carbocycles. The summed E-state index contributed by atoms with van der Waals surface area (Å²) in [5.74, 6) is 0.461. The fourth-order valence-corrected chi connectivity index (χ4v) is 4.69. The van der Waals surface area contributed by atoms with E-state index in [1.165, 1.54) is 4.31 Å². The highest BCUT2D eigenvalue weighted by molar-refractivity contribution is 7.92. The first-order valence-corrected chi connectivity index (χ1v) is 12.7. The number of aryl methyl sites for hydroxylation is 1. The molecule has 3 rings (SSSR count). The Morgan fingerprint density at radius 3 is 2.30 bits per heavy atom. The number of carbonyl (C=O) groups excluding carboxylic acids is 1. The quantitative estimate of drug-likeness (QED) is 0.489. The fraction of sp³-hybridized carbons (Fsp3) is 0.269. The largest absolute Gasteiger partial charge is 0.496 e. The van der Waals surface area contributed by atoms with Gasteiger partial charge in [0.05, 0.1) is 37.2 Å². The molecular weight excluding hydrogens is 436 g/mol. The summed E-state index contributed by atoms with van der Waals surface area (Å²) < 4.78 is 32.0. The molecule has 3 aromatic rings. The zero-order valence-electron chi connectivity index (χ0n) is 19.4. The Balaban J connectivity index is 1.93. The van der Waals surface area contributed by atoms with Gasteiger partial charge in [0.25, 0.3) is 5.91 Å². The van der Waals surface area contributed by atoms with Crippen LogP contribution in [0.15, 0.2) is 72.8 Å². The molecule has 1 amide bonds. The normalized spacial score (nSPS) is 12.1. The number of benzene rings is 3. The Morgan fingerprint density at radius 2 is 1.70 bits per heavy atom. The van der Waals surface area contributed by atoms with Crippen LogP contribution >= 0.6 is 0 Å². The minimum Gasteiger partial charge on any atom is -0.496 e. The van der Waals surface area contributed by atoms with E-state index in [0.717, 1.165) is 28.7 Å². The topological polar surface area (TPSA) is 75.7 Å². The van der Waals surface area contributed by atoms with Gasteiger partial charge in [0.1, 0.15) is 5.75 Å². The molecule has 174 valence electrons. The van der Waals surface area contributed by atoms with Crippen molar-refractivity contribution in [2.75, 3.05) is 17.7 Å². The molecule has 6 nitrogen and oxygen atoms in total. The molecular formula is C26H30N2O4S. The Kier molecular flexibility index (Phi) is 7.76. The first-order chi connectivity index (χ1) is 15.7. The second-order valence-electron chi connectivity index (χ2n) is 7.94. The monoisotopic (exact) mass is 466 g/mol. The van der Waals surface area contributed by atoms with Crippen LogP contribution in [-0.2, 0) is 16.6 Å². The van der Waals surface area contributed by atoms with E-state index in [1.807, 2.05) is 62.4 Å². The number of para-hydroxylation sites is 1. The minimum atomic E-state index is -3.63. The van der Waals surface area contributed by atoms with Gasteiger partial charge in [-0.1, -0.05) is 61.5 Å². The molecule has 0 aliphatic rings. The van der Waals surface area contributed by atoms with Crippen LogP contribution < -0.4 is 14.4 Å². The standard InChI is InChI=1S/C26H30N2O4S/c1-5-23(21-15-16-25(32-3)19(2)17-21)27-26(29)22-13-9-10-14-24(22)28(33(4,30)31)18-20-11-7-6-8-12-20/h6-17,23H,5,18H2,1-4H3,(H,27,29)/t23-/m0/s1. The van der Waals surface area contributed by atoms with Gasteiger partial charge in [0.2, 0.25) is 10.0 Å². The van der Waals surface area contributed by atoms with Crippen LogP contribution in [0.4, 0.5) is 5.69 Å². The van der Waals surface area contributed by atoms with Crippen LogP contribution in [0.3, 0.4) is 0 Å². The lowest BCUT2D eigenvalue weighted by Gasteiger charge is -2.26. The number of ether oxygens (including phenoxy) is 1. The number of sulfonamides is 1. The SMILES string of the molecule is CC[C@H](NC(=O)c1ccccc1N(Cc1ccccc1)S(C)(=O)=O)c1ccc(OC)c(C)c1. The maximum Gasteiger partial charge on any atom is 0.253 e. The Morgan fingerprint density at radius 1 is 1.03 bits per heavy atom. The molecule has 0 bridgehead atoms. The first-order valence-electron chi connectivity index (χ1n) is 10.8. The lowest BCUT2D eigenvalue weighted by Crippen LogP contribution is -2.33. The number of methoxy groups -OCH3 is 1. The van der Waals surface area contributed by atoms with E-state index in [-0.39, 0.29) is 18.5 Å². The van der Waals surface area contributed by atoms with Crippen LogP contribution in [0.1, 0.15) is 46.4 Å². The van der Waals surface area contributed by atoms with E-state index in [2.05, 4.69) is 5.32 Å². The van der Waals surface area contributed by atoms with Crippen LogP contribution in [0, 0.1) is 6.92 Å². The van der Waals surface area contributed by atoms with Crippen molar-refractivity contribution in [2.45, 2.75) is 32.9 Å². The number of rotatable bonds is 9. The second-order valence-corrected chi connectivity index (χ2v) is 9.84. The van der Waals surface area contributed by atoms with Gasteiger partial charge in [-0.15, -0.1) is 0 Å². The van der Waals surface area contributed by atoms with Gasteiger partial charge >= 0.3 is 0 Å². The third kappa shape index (κ3) is 5.93. The summed E-state index contributed by atoms with van der Waals surface area (Å²) in [4.78, 5) is 13.3. The van der Waals surface area contributed by atoms with E-state index in [0.29, 0.717) is 17.7 Å². The molecule has 0 spiro atoms. The molecule has 0 unspecified atom stereocenters. The van der Waals surface area contributed by atoms with Crippen LogP contribution in [-0.4, -0.2) is 27.7 Å². The van der Waals surface area contributed by atoms with E-state index < -0.39 is 10.0 Å². The second kappa shape index (κ2) is 10.5. The summed E-state index contributed by atoms with van der Waals surface area (Å²) in [6.45, 7) is 4.09. The molecule has 0 radical (unpaired) electrons. The summed E-state index contributed by atoms with van der Waals surface area (Å²) in [6.07, 6.45) is 1.83. The minimum absolute atomic E-state index is 0.138. The first kappa shape index (κ1) is 24.3. The van der Waals surface area contributed by atoms with Gasteiger partial charge in [-0.3, -0.25) is 9.10 Å². The number of amides is 1. The van der Waals surface area contributed by atoms with Crippen LogP contribution in [0.2, 0.25) is 0 Å².